The van der Waals surface area contributed by atoms with Crippen LogP contribution < -0.4 is 4.90 Å². The van der Waals surface area contributed by atoms with Gasteiger partial charge in [0.1, 0.15) is 10.6 Å². The molecule has 27 heavy (non-hydrogen) atoms. The van der Waals surface area contributed by atoms with Crippen LogP contribution in [0.15, 0.2) is 42.5 Å². The molecule has 0 N–H and O–H groups in total. The molecule has 0 saturated carbocycles. The van der Waals surface area contributed by atoms with Crippen molar-refractivity contribution in [3.05, 3.63) is 58.2 Å². The maximum absolute atomic E-state index is 6.19. The van der Waals surface area contributed by atoms with Crippen LogP contribution in [0.4, 0.5) is 5.82 Å². The fourth-order valence-corrected chi connectivity index (χ4v) is 4.57. The average Bonchev–Trinajstić information content (AvgIpc) is 3.12. The molecule has 0 amide bonds. The molecule has 4 nitrogen and oxygen atoms in total. The number of aromatic nitrogens is 2. The highest BCUT2D eigenvalue weighted by Gasteiger charge is 2.21. The third-order valence-electron chi connectivity index (χ3n) is 4.89. The van der Waals surface area contributed by atoms with Crippen molar-refractivity contribution in [2.45, 2.75) is 13.3 Å². The topological polar surface area (TPSA) is 32.3 Å². The number of nitrogens with zero attached hydrogens (tertiary/aromatic N) is 4. The molecular weight excluding hydrogens is 376 g/mol. The van der Waals surface area contributed by atoms with Crippen LogP contribution in [0.2, 0.25) is 5.28 Å². The van der Waals surface area contributed by atoms with Crippen molar-refractivity contribution in [1.82, 2.24) is 14.9 Å². The van der Waals surface area contributed by atoms with Gasteiger partial charge in [0.25, 0.3) is 0 Å². The van der Waals surface area contributed by atoms with E-state index in [-0.39, 0.29) is 0 Å². The molecule has 4 rings (SSSR count). The lowest BCUT2D eigenvalue weighted by Gasteiger charge is -2.35. The van der Waals surface area contributed by atoms with Gasteiger partial charge in [-0.2, -0.15) is 4.98 Å². The Labute approximate surface area is 169 Å². The molecule has 6 heteroatoms. The molecule has 0 unspecified atom stereocenters. The molecule has 1 saturated heterocycles. The zero-order valence-electron chi connectivity index (χ0n) is 15.4. The Balaban J connectivity index is 1.41. The fourth-order valence-electron chi connectivity index (χ4n) is 3.39. The lowest BCUT2D eigenvalue weighted by molar-refractivity contribution is 0.284. The summed E-state index contributed by atoms with van der Waals surface area (Å²) in [6.07, 6.45) is 5.45. The molecule has 0 bridgehead atoms. The molecule has 0 atom stereocenters. The number of benzene rings is 1. The summed E-state index contributed by atoms with van der Waals surface area (Å²) in [6, 6.07) is 12.7. The van der Waals surface area contributed by atoms with Crippen LogP contribution in [0.25, 0.3) is 16.3 Å². The molecule has 1 fully saturated rings. The predicted octanol–water partition coefficient (Wildman–Crippen LogP) is 4.74. The van der Waals surface area contributed by atoms with Gasteiger partial charge in [0.2, 0.25) is 5.28 Å². The summed E-state index contributed by atoms with van der Waals surface area (Å²) in [7, 11) is 0. The van der Waals surface area contributed by atoms with Crippen LogP contribution in [-0.2, 0) is 6.42 Å². The number of halogens is 1. The van der Waals surface area contributed by atoms with E-state index in [0.29, 0.717) is 5.28 Å². The van der Waals surface area contributed by atoms with Crippen LogP contribution in [0.5, 0.6) is 0 Å². The quantitative estimate of drug-likeness (QED) is 0.581. The van der Waals surface area contributed by atoms with Gasteiger partial charge in [0, 0.05) is 37.6 Å². The predicted molar refractivity (Wildman–Crippen MR) is 116 cm³/mol. The van der Waals surface area contributed by atoms with Gasteiger partial charge in [-0.15, -0.1) is 11.3 Å². The first kappa shape index (κ1) is 18.4. The standard InChI is InChI=1S/C21H23ClN4S/c1-2-17-15-18-19(23-21(22)24-20(18)27-17)26-13-11-25(12-14-26)10-6-9-16-7-4-3-5-8-16/h3-9,15H,2,10-14H2,1H3/b9-6+. The van der Waals surface area contributed by atoms with E-state index in [1.807, 2.05) is 6.07 Å². The summed E-state index contributed by atoms with van der Waals surface area (Å²) in [5.74, 6) is 0.987. The lowest BCUT2D eigenvalue weighted by Crippen LogP contribution is -2.46. The minimum atomic E-state index is 0.343. The molecule has 0 aliphatic carbocycles. The Bertz CT molecular complexity index is 930. The van der Waals surface area contributed by atoms with Crippen molar-refractivity contribution in [2.24, 2.45) is 0 Å². The van der Waals surface area contributed by atoms with Crippen molar-refractivity contribution in [2.75, 3.05) is 37.6 Å². The SMILES string of the molecule is CCc1cc2c(N3CCN(C/C=C/c4ccccc4)CC3)nc(Cl)nc2s1. The monoisotopic (exact) mass is 398 g/mol. The van der Waals surface area contributed by atoms with Crippen molar-refractivity contribution < 1.29 is 0 Å². The highest BCUT2D eigenvalue weighted by atomic mass is 35.5. The molecule has 3 heterocycles. The first-order valence-electron chi connectivity index (χ1n) is 9.38. The van der Waals surface area contributed by atoms with E-state index in [2.05, 4.69) is 69.2 Å². The Morgan fingerprint density at radius 1 is 1.11 bits per heavy atom. The van der Waals surface area contributed by atoms with Crippen LogP contribution in [0.3, 0.4) is 0 Å². The summed E-state index contributed by atoms with van der Waals surface area (Å²) in [5.41, 5.74) is 1.25. The largest absolute Gasteiger partial charge is 0.353 e. The maximum atomic E-state index is 6.19. The molecule has 3 aromatic rings. The zero-order valence-corrected chi connectivity index (χ0v) is 17.0. The number of thiophene rings is 1. The Morgan fingerprint density at radius 2 is 1.89 bits per heavy atom. The van der Waals surface area contributed by atoms with Crippen LogP contribution in [0, 0.1) is 0 Å². The van der Waals surface area contributed by atoms with E-state index in [9.17, 15) is 0 Å². The Morgan fingerprint density at radius 3 is 2.63 bits per heavy atom. The number of hydrogen-bond acceptors (Lipinski definition) is 5. The Hall–Kier alpha value is -1.95. The fraction of sp³-hybridized carbons (Fsp3) is 0.333. The summed E-state index contributed by atoms with van der Waals surface area (Å²) in [5, 5.41) is 1.48. The summed E-state index contributed by atoms with van der Waals surface area (Å²) in [6.45, 7) is 7.10. The molecule has 1 aliphatic rings. The van der Waals surface area contributed by atoms with Crippen LogP contribution >= 0.6 is 22.9 Å². The van der Waals surface area contributed by atoms with Gasteiger partial charge in [0.05, 0.1) is 5.39 Å². The van der Waals surface area contributed by atoms with Gasteiger partial charge in [-0.25, -0.2) is 4.98 Å². The zero-order chi connectivity index (χ0) is 18.6. The molecule has 0 radical (unpaired) electrons. The van der Waals surface area contributed by atoms with Gasteiger partial charge >= 0.3 is 0 Å². The maximum Gasteiger partial charge on any atom is 0.225 e. The van der Waals surface area contributed by atoms with E-state index >= 15 is 0 Å². The summed E-state index contributed by atoms with van der Waals surface area (Å²) in [4.78, 5) is 16.1. The molecular formula is C21H23ClN4S. The highest BCUT2D eigenvalue weighted by Crippen LogP contribution is 2.32. The Kier molecular flexibility index (Phi) is 5.72. The lowest BCUT2D eigenvalue weighted by atomic mass is 10.2. The number of rotatable bonds is 5. The number of fused-ring (bicyclic) bond motifs is 1. The molecule has 1 aliphatic heterocycles. The molecule has 140 valence electrons. The first-order valence-corrected chi connectivity index (χ1v) is 10.6. The van der Waals surface area contributed by atoms with Crippen LogP contribution in [-0.4, -0.2) is 47.6 Å². The van der Waals surface area contributed by atoms with Gasteiger partial charge < -0.3 is 4.90 Å². The van der Waals surface area contributed by atoms with Crippen molar-refractivity contribution >= 4 is 45.0 Å². The van der Waals surface area contributed by atoms with Gasteiger partial charge in [-0.05, 0) is 29.7 Å². The van der Waals surface area contributed by atoms with Crippen LogP contribution in [0.1, 0.15) is 17.4 Å². The third-order valence-corrected chi connectivity index (χ3v) is 6.23. The highest BCUT2D eigenvalue weighted by molar-refractivity contribution is 7.18. The minimum absolute atomic E-state index is 0.343. The van der Waals surface area contributed by atoms with E-state index in [0.717, 1.165) is 55.2 Å². The molecule has 2 aromatic heterocycles. The minimum Gasteiger partial charge on any atom is -0.353 e. The van der Waals surface area contributed by atoms with E-state index < -0.39 is 0 Å². The van der Waals surface area contributed by atoms with Crippen molar-refractivity contribution in [1.29, 1.82) is 0 Å². The van der Waals surface area contributed by atoms with Crippen molar-refractivity contribution in [3.8, 4) is 0 Å². The van der Waals surface area contributed by atoms with E-state index in [4.69, 9.17) is 11.6 Å². The van der Waals surface area contributed by atoms with E-state index in [1.165, 1.54) is 10.4 Å². The van der Waals surface area contributed by atoms with Gasteiger partial charge in [-0.3, -0.25) is 4.90 Å². The average molecular weight is 399 g/mol. The summed E-state index contributed by atoms with van der Waals surface area (Å²) < 4.78 is 0. The number of piperazine rings is 1. The second-order valence-corrected chi connectivity index (χ2v) is 8.16. The van der Waals surface area contributed by atoms with Gasteiger partial charge in [0.15, 0.2) is 0 Å². The summed E-state index contributed by atoms with van der Waals surface area (Å²) >= 11 is 7.91. The smallest absolute Gasteiger partial charge is 0.225 e. The molecule has 0 spiro atoms. The number of aryl methyl sites for hydroxylation is 1. The second-order valence-electron chi connectivity index (χ2n) is 6.70. The normalized spacial score (nSPS) is 15.9. The van der Waals surface area contributed by atoms with E-state index in [1.54, 1.807) is 11.3 Å². The third kappa shape index (κ3) is 4.32. The first-order chi connectivity index (χ1) is 13.2. The van der Waals surface area contributed by atoms with Gasteiger partial charge in [-0.1, -0.05) is 49.4 Å². The second kappa shape index (κ2) is 8.38. The van der Waals surface area contributed by atoms with Crippen molar-refractivity contribution in [3.63, 3.8) is 0 Å². The molecule has 1 aromatic carbocycles. The number of hydrogen-bond donors (Lipinski definition) is 0. The number of anilines is 1.